The van der Waals surface area contributed by atoms with Crippen LogP contribution in [0.5, 0.6) is 11.5 Å². The molecule has 0 bridgehead atoms. The van der Waals surface area contributed by atoms with E-state index in [1.807, 2.05) is 25.1 Å². The summed E-state index contributed by atoms with van der Waals surface area (Å²) in [4.78, 5) is 10.7. The maximum Gasteiger partial charge on any atom is 0.150 e. The predicted molar refractivity (Wildman–Crippen MR) is 68.1 cm³/mol. The number of carbonyl (C=O) groups excluding carboxylic acids is 1. The summed E-state index contributed by atoms with van der Waals surface area (Å²) in [6, 6.07) is 12.5. The van der Waals surface area contributed by atoms with Gasteiger partial charge in [-0.25, -0.2) is 0 Å². The van der Waals surface area contributed by atoms with Crippen molar-refractivity contribution in [2.45, 2.75) is 6.92 Å². The van der Waals surface area contributed by atoms with Crippen molar-refractivity contribution in [3.63, 3.8) is 0 Å². The van der Waals surface area contributed by atoms with E-state index in [1.165, 1.54) is 0 Å². The minimum atomic E-state index is 0.545. The molecule has 86 valence electrons. The van der Waals surface area contributed by atoms with Gasteiger partial charge in [-0.2, -0.15) is 0 Å². The van der Waals surface area contributed by atoms with Crippen molar-refractivity contribution >= 4 is 17.9 Å². The van der Waals surface area contributed by atoms with Crippen LogP contribution < -0.4 is 4.74 Å². The highest BCUT2D eigenvalue weighted by atomic mass is 35.5. The van der Waals surface area contributed by atoms with E-state index in [2.05, 4.69) is 0 Å². The number of halogens is 1. The molecule has 0 amide bonds. The van der Waals surface area contributed by atoms with E-state index < -0.39 is 0 Å². The van der Waals surface area contributed by atoms with E-state index >= 15 is 0 Å². The largest absolute Gasteiger partial charge is 0.456 e. The summed E-state index contributed by atoms with van der Waals surface area (Å²) in [5.41, 5.74) is 1.54. The van der Waals surface area contributed by atoms with Gasteiger partial charge in [-0.1, -0.05) is 35.9 Å². The Labute approximate surface area is 105 Å². The van der Waals surface area contributed by atoms with Gasteiger partial charge in [0.2, 0.25) is 0 Å². The molecule has 0 aliphatic heterocycles. The third-order valence-corrected chi connectivity index (χ3v) is 2.72. The third kappa shape index (κ3) is 2.66. The Bertz CT molecular complexity index is 550. The molecule has 0 heterocycles. The van der Waals surface area contributed by atoms with Gasteiger partial charge in [0.05, 0.1) is 5.02 Å². The third-order valence-electron chi connectivity index (χ3n) is 2.40. The van der Waals surface area contributed by atoms with E-state index in [0.29, 0.717) is 22.1 Å². The average Bonchev–Trinajstić information content (AvgIpc) is 2.35. The fourth-order valence-corrected chi connectivity index (χ4v) is 1.62. The molecule has 2 aromatic rings. The van der Waals surface area contributed by atoms with Gasteiger partial charge in [0.25, 0.3) is 0 Å². The maximum atomic E-state index is 10.7. The first-order valence-electron chi connectivity index (χ1n) is 5.19. The molecule has 0 N–H and O–H groups in total. The lowest BCUT2D eigenvalue weighted by Crippen LogP contribution is -1.90. The standard InChI is InChI=1S/C14H11ClO2/c1-10-6-7-11(9-16)8-14(10)17-13-5-3-2-4-12(13)15/h2-9H,1H3. The van der Waals surface area contributed by atoms with Gasteiger partial charge >= 0.3 is 0 Å². The van der Waals surface area contributed by atoms with Gasteiger partial charge in [-0.15, -0.1) is 0 Å². The van der Waals surface area contributed by atoms with Gasteiger partial charge in [0, 0.05) is 5.56 Å². The first-order chi connectivity index (χ1) is 8.20. The van der Waals surface area contributed by atoms with Crippen molar-refractivity contribution in [3.8, 4) is 11.5 Å². The lowest BCUT2D eigenvalue weighted by molar-refractivity contribution is 0.112. The molecule has 0 saturated carbocycles. The summed E-state index contributed by atoms with van der Waals surface area (Å²) in [6.45, 7) is 1.92. The van der Waals surface area contributed by atoms with Crippen molar-refractivity contribution in [1.29, 1.82) is 0 Å². The van der Waals surface area contributed by atoms with E-state index in [-0.39, 0.29) is 0 Å². The first kappa shape index (κ1) is 11.7. The molecule has 0 radical (unpaired) electrons. The van der Waals surface area contributed by atoms with E-state index in [9.17, 15) is 4.79 Å². The molecule has 0 aliphatic carbocycles. The van der Waals surface area contributed by atoms with Crippen LogP contribution in [-0.4, -0.2) is 6.29 Å². The highest BCUT2D eigenvalue weighted by Crippen LogP contribution is 2.30. The molecule has 0 atom stereocenters. The summed E-state index contributed by atoms with van der Waals surface area (Å²) in [7, 11) is 0. The smallest absolute Gasteiger partial charge is 0.150 e. The molecule has 0 saturated heterocycles. The normalized spacial score (nSPS) is 10.0. The topological polar surface area (TPSA) is 26.3 Å². The summed E-state index contributed by atoms with van der Waals surface area (Å²) in [6.07, 6.45) is 0.791. The summed E-state index contributed by atoms with van der Waals surface area (Å²) in [5, 5.41) is 0.545. The Kier molecular flexibility index (Phi) is 3.45. The zero-order valence-electron chi connectivity index (χ0n) is 9.31. The van der Waals surface area contributed by atoms with Crippen molar-refractivity contribution in [3.05, 3.63) is 58.6 Å². The van der Waals surface area contributed by atoms with E-state index in [1.54, 1.807) is 24.3 Å². The number of aryl methyl sites for hydroxylation is 1. The van der Waals surface area contributed by atoms with Crippen LogP contribution in [0.3, 0.4) is 0 Å². The summed E-state index contributed by atoms with van der Waals surface area (Å²) in [5.74, 6) is 1.23. The highest BCUT2D eigenvalue weighted by Gasteiger charge is 2.05. The highest BCUT2D eigenvalue weighted by molar-refractivity contribution is 6.32. The van der Waals surface area contributed by atoms with Gasteiger partial charge in [-0.05, 0) is 30.7 Å². The number of carbonyl (C=O) groups is 1. The SMILES string of the molecule is Cc1ccc(C=O)cc1Oc1ccccc1Cl. The van der Waals surface area contributed by atoms with E-state index in [4.69, 9.17) is 16.3 Å². The zero-order valence-corrected chi connectivity index (χ0v) is 10.1. The Hall–Kier alpha value is -1.80. The second-order valence-corrected chi connectivity index (χ2v) is 4.08. The second-order valence-electron chi connectivity index (χ2n) is 3.68. The molecule has 0 unspecified atom stereocenters. The van der Waals surface area contributed by atoms with E-state index in [0.717, 1.165) is 11.8 Å². The first-order valence-corrected chi connectivity index (χ1v) is 5.56. The number of benzene rings is 2. The molecule has 0 aliphatic rings. The Morgan fingerprint density at radius 2 is 1.88 bits per heavy atom. The Balaban J connectivity index is 2.36. The van der Waals surface area contributed by atoms with Crippen LogP contribution in [0.4, 0.5) is 0 Å². The molecule has 3 heteroatoms. The molecular weight excluding hydrogens is 236 g/mol. The van der Waals surface area contributed by atoms with Gasteiger partial charge in [-0.3, -0.25) is 4.79 Å². The lowest BCUT2D eigenvalue weighted by Gasteiger charge is -2.10. The van der Waals surface area contributed by atoms with Crippen LogP contribution in [-0.2, 0) is 0 Å². The average molecular weight is 247 g/mol. The quantitative estimate of drug-likeness (QED) is 0.757. The molecule has 0 fully saturated rings. The van der Waals surface area contributed by atoms with Gasteiger partial charge < -0.3 is 4.74 Å². The van der Waals surface area contributed by atoms with Gasteiger partial charge in [0.1, 0.15) is 17.8 Å². The molecule has 0 spiro atoms. The number of hydrogen-bond acceptors (Lipinski definition) is 2. The van der Waals surface area contributed by atoms with Crippen molar-refractivity contribution in [2.24, 2.45) is 0 Å². The minimum Gasteiger partial charge on any atom is -0.456 e. The maximum absolute atomic E-state index is 10.7. The fourth-order valence-electron chi connectivity index (χ4n) is 1.45. The Morgan fingerprint density at radius 1 is 1.12 bits per heavy atom. The number of ether oxygens (including phenoxy) is 1. The molecule has 2 nitrogen and oxygen atoms in total. The molecular formula is C14H11ClO2. The van der Waals surface area contributed by atoms with Crippen LogP contribution >= 0.6 is 11.6 Å². The van der Waals surface area contributed by atoms with Crippen LogP contribution in [0.25, 0.3) is 0 Å². The van der Waals surface area contributed by atoms with Crippen LogP contribution in [0, 0.1) is 6.92 Å². The number of hydrogen-bond donors (Lipinski definition) is 0. The van der Waals surface area contributed by atoms with Crippen molar-refractivity contribution in [2.75, 3.05) is 0 Å². The second kappa shape index (κ2) is 5.02. The molecule has 0 aromatic heterocycles. The fraction of sp³-hybridized carbons (Fsp3) is 0.0714. The number of para-hydroxylation sites is 1. The number of rotatable bonds is 3. The minimum absolute atomic E-state index is 0.545. The lowest BCUT2D eigenvalue weighted by atomic mass is 10.1. The predicted octanol–water partition coefficient (Wildman–Crippen LogP) is 4.25. The monoisotopic (exact) mass is 246 g/mol. The molecule has 17 heavy (non-hydrogen) atoms. The van der Waals surface area contributed by atoms with Crippen LogP contribution in [0.15, 0.2) is 42.5 Å². The molecule has 2 aromatic carbocycles. The summed E-state index contributed by atoms with van der Waals surface area (Å²) >= 11 is 6.01. The number of aldehydes is 1. The summed E-state index contributed by atoms with van der Waals surface area (Å²) < 4.78 is 5.69. The zero-order chi connectivity index (χ0) is 12.3. The van der Waals surface area contributed by atoms with Crippen molar-refractivity contribution in [1.82, 2.24) is 0 Å². The van der Waals surface area contributed by atoms with Gasteiger partial charge in [0.15, 0.2) is 0 Å². The molecule has 2 rings (SSSR count). The van der Waals surface area contributed by atoms with Crippen LogP contribution in [0.2, 0.25) is 5.02 Å². The Morgan fingerprint density at radius 3 is 2.59 bits per heavy atom. The van der Waals surface area contributed by atoms with Crippen molar-refractivity contribution < 1.29 is 9.53 Å². The van der Waals surface area contributed by atoms with Crippen LogP contribution in [0.1, 0.15) is 15.9 Å².